The van der Waals surface area contributed by atoms with Gasteiger partial charge in [-0.1, -0.05) is 34.7 Å². The second-order valence-electron chi connectivity index (χ2n) is 3.46. The summed E-state index contributed by atoms with van der Waals surface area (Å²) < 4.78 is 12.3. The largest absolute Gasteiger partial charge is 0.493 e. The first-order valence-electron chi connectivity index (χ1n) is 5.33. The molecule has 3 nitrogen and oxygen atoms in total. The van der Waals surface area contributed by atoms with Gasteiger partial charge in [0.2, 0.25) is 0 Å². The summed E-state index contributed by atoms with van der Waals surface area (Å²) in [6.07, 6.45) is 4.42. The van der Waals surface area contributed by atoms with Crippen molar-refractivity contribution >= 4 is 28.7 Å². The highest BCUT2D eigenvalue weighted by Gasteiger charge is 2.03. The summed E-state index contributed by atoms with van der Waals surface area (Å²) in [5, 5.41) is 9.03. The van der Waals surface area contributed by atoms with Crippen molar-refractivity contribution in [2.75, 3.05) is 14.2 Å². The molecule has 0 radical (unpaired) electrons. The van der Waals surface area contributed by atoms with Gasteiger partial charge in [0.15, 0.2) is 11.5 Å². The number of methoxy groups -OCH3 is 2. The van der Waals surface area contributed by atoms with Gasteiger partial charge in [-0.3, -0.25) is 0 Å². The summed E-state index contributed by atoms with van der Waals surface area (Å²) in [5.74, 6) is 1.34. The number of allylic oxidation sites excluding steroid dienone is 2. The van der Waals surface area contributed by atoms with Crippen LogP contribution >= 0.6 is 22.6 Å². The van der Waals surface area contributed by atoms with Crippen LogP contribution in [0.1, 0.15) is 12.0 Å². The van der Waals surface area contributed by atoms with E-state index in [0.717, 1.165) is 5.56 Å². The van der Waals surface area contributed by atoms with Crippen molar-refractivity contribution in [3.8, 4) is 17.6 Å². The van der Waals surface area contributed by atoms with Gasteiger partial charge in [0, 0.05) is 12.0 Å². The third-order valence-electron chi connectivity index (χ3n) is 2.32. The minimum atomic E-state index is 0.633. The molecule has 18 heavy (non-hydrogen) atoms. The predicted molar refractivity (Wildman–Crippen MR) is 80.9 cm³/mol. The number of nitriles is 1. The van der Waals surface area contributed by atoms with E-state index in [2.05, 4.69) is 28.7 Å². The maximum Gasteiger partial charge on any atom is 0.161 e. The Hall–Kier alpha value is -1.48. The topological polar surface area (TPSA) is 42.2 Å². The summed E-state index contributed by atoms with van der Waals surface area (Å²) in [7, 11) is 3.19. The Bertz CT molecular complexity index is 501. The van der Waals surface area contributed by atoms with Gasteiger partial charge in [0.05, 0.1) is 20.3 Å². The standard InChI is InChI=1S/C14H14INO2/c1-17-13-6-5-11(9-14(13)18-2)8-12(10-16)4-3-7-15/h3,5-9H,4H2,1-2H3/b7-3-,12-8-. The number of hydrogen-bond acceptors (Lipinski definition) is 3. The lowest BCUT2D eigenvalue weighted by atomic mass is 10.1. The SMILES string of the molecule is COc1ccc(/C=C(\C#N)C/C=C\I)cc1OC. The smallest absolute Gasteiger partial charge is 0.161 e. The monoisotopic (exact) mass is 355 g/mol. The van der Waals surface area contributed by atoms with Gasteiger partial charge >= 0.3 is 0 Å². The van der Waals surface area contributed by atoms with E-state index >= 15 is 0 Å². The van der Waals surface area contributed by atoms with E-state index in [1.165, 1.54) is 0 Å². The van der Waals surface area contributed by atoms with Gasteiger partial charge in [0.1, 0.15) is 0 Å². The fourth-order valence-corrected chi connectivity index (χ4v) is 1.71. The molecule has 0 fully saturated rings. The molecule has 0 aromatic heterocycles. The van der Waals surface area contributed by atoms with Crippen molar-refractivity contribution in [3.05, 3.63) is 39.5 Å². The molecule has 94 valence electrons. The number of ether oxygens (including phenoxy) is 2. The molecule has 0 amide bonds. The minimum Gasteiger partial charge on any atom is -0.493 e. The van der Waals surface area contributed by atoms with E-state index < -0.39 is 0 Å². The first-order chi connectivity index (χ1) is 8.74. The summed E-state index contributed by atoms with van der Waals surface area (Å²) >= 11 is 2.14. The molecule has 1 rings (SSSR count). The van der Waals surface area contributed by atoms with E-state index in [4.69, 9.17) is 14.7 Å². The molecular weight excluding hydrogens is 341 g/mol. The Morgan fingerprint density at radius 3 is 2.61 bits per heavy atom. The van der Waals surface area contributed by atoms with Crippen molar-refractivity contribution in [3.63, 3.8) is 0 Å². The molecule has 0 unspecified atom stereocenters. The summed E-state index contributed by atoms with van der Waals surface area (Å²) in [5.41, 5.74) is 1.63. The molecule has 0 saturated heterocycles. The average molecular weight is 355 g/mol. The van der Waals surface area contributed by atoms with Gasteiger partial charge in [-0.15, -0.1) is 0 Å². The number of halogens is 1. The Morgan fingerprint density at radius 1 is 1.33 bits per heavy atom. The van der Waals surface area contributed by atoms with E-state index in [0.29, 0.717) is 23.5 Å². The highest BCUT2D eigenvalue weighted by atomic mass is 127. The molecule has 0 N–H and O–H groups in total. The van der Waals surface area contributed by atoms with E-state index in [1.54, 1.807) is 14.2 Å². The minimum absolute atomic E-state index is 0.633. The molecule has 1 aromatic rings. The molecule has 0 bridgehead atoms. The van der Waals surface area contributed by atoms with Gasteiger partial charge < -0.3 is 9.47 Å². The lowest BCUT2D eigenvalue weighted by Gasteiger charge is -2.07. The third kappa shape index (κ3) is 4.08. The first-order valence-corrected chi connectivity index (χ1v) is 6.57. The van der Waals surface area contributed by atoms with Crippen molar-refractivity contribution in [2.45, 2.75) is 6.42 Å². The number of nitrogens with zero attached hydrogens (tertiary/aromatic N) is 1. The first kappa shape index (κ1) is 14.6. The fraction of sp³-hybridized carbons (Fsp3) is 0.214. The van der Waals surface area contributed by atoms with Gasteiger partial charge in [-0.05, 0) is 27.9 Å². The van der Waals surface area contributed by atoms with Crippen LogP contribution in [0, 0.1) is 11.3 Å². The lowest BCUT2D eigenvalue weighted by molar-refractivity contribution is 0.355. The maximum atomic E-state index is 9.03. The third-order valence-corrected chi connectivity index (χ3v) is 2.83. The van der Waals surface area contributed by atoms with Crippen LogP contribution in [-0.4, -0.2) is 14.2 Å². The van der Waals surface area contributed by atoms with Crippen LogP contribution in [0.25, 0.3) is 6.08 Å². The molecule has 0 aliphatic carbocycles. The Balaban J connectivity index is 3.03. The molecule has 0 heterocycles. The van der Waals surface area contributed by atoms with Crippen LogP contribution in [-0.2, 0) is 0 Å². The van der Waals surface area contributed by atoms with Crippen LogP contribution < -0.4 is 9.47 Å². The predicted octanol–water partition coefficient (Wildman–Crippen LogP) is 3.95. The van der Waals surface area contributed by atoms with Crippen molar-refractivity contribution in [2.24, 2.45) is 0 Å². The van der Waals surface area contributed by atoms with E-state index in [9.17, 15) is 0 Å². The highest BCUT2D eigenvalue weighted by molar-refractivity contribution is 14.1. The molecule has 0 spiro atoms. The van der Waals surface area contributed by atoms with Gasteiger partial charge in [0.25, 0.3) is 0 Å². The molecule has 4 heteroatoms. The normalized spacial score (nSPS) is 11.3. The zero-order valence-electron chi connectivity index (χ0n) is 10.3. The van der Waals surface area contributed by atoms with Crippen molar-refractivity contribution in [1.29, 1.82) is 5.26 Å². The van der Waals surface area contributed by atoms with Crippen LogP contribution in [0.5, 0.6) is 11.5 Å². The Labute approximate surface area is 121 Å². The van der Waals surface area contributed by atoms with E-state index in [-0.39, 0.29) is 0 Å². The molecule has 0 saturated carbocycles. The van der Waals surface area contributed by atoms with Crippen molar-refractivity contribution in [1.82, 2.24) is 0 Å². The molecule has 1 aromatic carbocycles. The Morgan fingerprint density at radius 2 is 2.06 bits per heavy atom. The highest BCUT2D eigenvalue weighted by Crippen LogP contribution is 2.28. The maximum absolute atomic E-state index is 9.03. The second kappa shape index (κ2) is 7.77. The van der Waals surface area contributed by atoms with Crippen LogP contribution in [0.15, 0.2) is 33.9 Å². The summed E-state index contributed by atoms with van der Waals surface area (Å²) in [6.45, 7) is 0. The van der Waals surface area contributed by atoms with Gasteiger partial charge in [-0.25, -0.2) is 0 Å². The summed E-state index contributed by atoms with van der Waals surface area (Å²) in [4.78, 5) is 0. The van der Waals surface area contributed by atoms with E-state index in [1.807, 2.05) is 34.4 Å². The van der Waals surface area contributed by atoms with Crippen molar-refractivity contribution < 1.29 is 9.47 Å². The van der Waals surface area contributed by atoms with Gasteiger partial charge in [-0.2, -0.15) is 5.26 Å². The van der Waals surface area contributed by atoms with Crippen LogP contribution in [0.3, 0.4) is 0 Å². The summed E-state index contributed by atoms with van der Waals surface area (Å²) in [6, 6.07) is 7.76. The Kier molecular flexibility index (Phi) is 6.29. The molecule has 0 aliphatic rings. The van der Waals surface area contributed by atoms with Crippen LogP contribution in [0.4, 0.5) is 0 Å². The second-order valence-corrected chi connectivity index (χ2v) is 4.18. The molecular formula is C14H14INO2. The lowest BCUT2D eigenvalue weighted by Crippen LogP contribution is -1.90. The zero-order chi connectivity index (χ0) is 13.4. The van der Waals surface area contributed by atoms with Crippen LogP contribution in [0.2, 0.25) is 0 Å². The number of benzene rings is 1. The zero-order valence-corrected chi connectivity index (χ0v) is 12.5. The molecule has 0 atom stereocenters. The number of rotatable bonds is 5. The number of hydrogen-bond donors (Lipinski definition) is 0. The quantitative estimate of drug-likeness (QED) is 0.593. The fourth-order valence-electron chi connectivity index (χ4n) is 1.45. The average Bonchev–Trinajstić information content (AvgIpc) is 2.43. The molecule has 0 aliphatic heterocycles.